The number of carbonyl (C=O) groups is 1. The number of fused-ring (bicyclic) bond motifs is 1. The summed E-state index contributed by atoms with van der Waals surface area (Å²) in [7, 11) is 0. The molecule has 1 aromatic heterocycles. The van der Waals surface area contributed by atoms with Crippen molar-refractivity contribution in [2.24, 2.45) is 5.10 Å². The van der Waals surface area contributed by atoms with E-state index >= 15 is 0 Å². The van der Waals surface area contributed by atoms with Crippen LogP contribution in [0.2, 0.25) is 0 Å². The summed E-state index contributed by atoms with van der Waals surface area (Å²) in [6.45, 7) is 4.79. The molecule has 1 aliphatic carbocycles. The van der Waals surface area contributed by atoms with E-state index in [1.165, 1.54) is 12.1 Å². The molecule has 1 atom stereocenters. The zero-order valence-corrected chi connectivity index (χ0v) is 17.3. The normalized spacial score (nSPS) is 20.1. The third-order valence-electron chi connectivity index (χ3n) is 5.98. The number of hydrogen-bond acceptors (Lipinski definition) is 6. The molecule has 1 fully saturated rings. The quantitative estimate of drug-likeness (QED) is 0.583. The van der Waals surface area contributed by atoms with Crippen LogP contribution in [-0.4, -0.2) is 34.0 Å². The summed E-state index contributed by atoms with van der Waals surface area (Å²) >= 11 is 0. The third kappa shape index (κ3) is 3.81. The highest BCUT2D eigenvalue weighted by Crippen LogP contribution is 2.32. The van der Waals surface area contributed by atoms with E-state index in [4.69, 9.17) is 4.42 Å². The monoisotopic (exact) mass is 410 g/mol. The lowest BCUT2D eigenvalue weighted by atomic mass is 9.93. The van der Waals surface area contributed by atoms with Crippen molar-refractivity contribution in [3.63, 3.8) is 0 Å². The van der Waals surface area contributed by atoms with E-state index in [9.17, 15) is 14.9 Å². The second-order valence-electron chi connectivity index (χ2n) is 8.03. The van der Waals surface area contributed by atoms with Gasteiger partial charge in [0.05, 0.1) is 16.3 Å². The number of hydrogen-bond donors (Lipinski definition) is 1. The van der Waals surface area contributed by atoms with Gasteiger partial charge in [-0.25, -0.2) is 0 Å². The van der Waals surface area contributed by atoms with E-state index in [2.05, 4.69) is 17.5 Å². The van der Waals surface area contributed by atoms with Crippen molar-refractivity contribution in [1.82, 2.24) is 4.90 Å². The maximum Gasteiger partial charge on any atom is 0.290 e. The average Bonchev–Trinajstić information content (AvgIpc) is 3.09. The molecule has 1 aromatic carbocycles. The fourth-order valence-corrected chi connectivity index (χ4v) is 4.30. The van der Waals surface area contributed by atoms with Crippen LogP contribution in [0.25, 0.3) is 0 Å². The zero-order chi connectivity index (χ0) is 21.3. The topological polar surface area (TPSA) is 101 Å². The molecule has 1 N–H and O–H groups in total. The van der Waals surface area contributed by atoms with Crippen LogP contribution >= 0.6 is 0 Å². The van der Waals surface area contributed by atoms with Crippen LogP contribution in [0.15, 0.2) is 33.8 Å². The molecule has 1 aliphatic heterocycles. The molecule has 30 heavy (non-hydrogen) atoms. The molecular formula is C22H26N4O4. The van der Waals surface area contributed by atoms with Crippen LogP contribution in [0.3, 0.4) is 0 Å². The Balaban J connectivity index is 1.58. The van der Waals surface area contributed by atoms with Crippen molar-refractivity contribution in [3.05, 3.63) is 57.0 Å². The van der Waals surface area contributed by atoms with Gasteiger partial charge in [-0.15, -0.1) is 0 Å². The lowest BCUT2D eigenvalue weighted by Crippen LogP contribution is -2.42. The molecule has 2 heterocycles. The highest BCUT2D eigenvalue weighted by atomic mass is 16.6. The van der Waals surface area contributed by atoms with Crippen LogP contribution < -0.4 is 5.43 Å². The van der Waals surface area contributed by atoms with Crippen LogP contribution in [0, 0.1) is 17.0 Å². The molecule has 158 valence electrons. The summed E-state index contributed by atoms with van der Waals surface area (Å²) in [5, 5.41) is 15.3. The number of aryl methyl sites for hydroxylation is 1. The van der Waals surface area contributed by atoms with Crippen molar-refractivity contribution in [3.8, 4) is 0 Å². The number of furan rings is 1. The molecule has 8 heteroatoms. The molecule has 1 unspecified atom stereocenters. The first-order valence-electron chi connectivity index (χ1n) is 10.5. The minimum Gasteiger partial charge on any atom is -0.455 e. The minimum atomic E-state index is -0.431. The zero-order valence-electron chi connectivity index (χ0n) is 17.3. The van der Waals surface area contributed by atoms with E-state index in [1.54, 1.807) is 12.1 Å². The largest absolute Gasteiger partial charge is 0.455 e. The standard InChI is InChI=1S/C22H26N4O4/c1-14-6-3-4-13-25(14)22(27)21-15(2)20-18(7-5-8-19(20)30-21)24-23-16-9-11-17(12-10-16)26(28)29/h9-12,14,23H,3-8,13H2,1-2H3/b24-18+. The second-order valence-corrected chi connectivity index (χ2v) is 8.03. The van der Waals surface area contributed by atoms with Gasteiger partial charge in [-0.2, -0.15) is 5.10 Å². The number of anilines is 1. The van der Waals surface area contributed by atoms with E-state index < -0.39 is 4.92 Å². The first-order chi connectivity index (χ1) is 14.5. The van der Waals surface area contributed by atoms with Crippen LogP contribution in [0.4, 0.5) is 11.4 Å². The van der Waals surface area contributed by atoms with E-state index in [-0.39, 0.29) is 17.6 Å². The van der Waals surface area contributed by atoms with Gasteiger partial charge in [0.25, 0.3) is 11.6 Å². The van der Waals surface area contributed by atoms with Gasteiger partial charge in [0.1, 0.15) is 5.76 Å². The van der Waals surface area contributed by atoms with Gasteiger partial charge in [-0.05, 0) is 58.1 Å². The van der Waals surface area contributed by atoms with Gasteiger partial charge < -0.3 is 9.32 Å². The van der Waals surface area contributed by atoms with Gasteiger partial charge in [0.2, 0.25) is 0 Å². The summed E-state index contributed by atoms with van der Waals surface area (Å²) in [5.74, 6) is 1.21. The lowest BCUT2D eigenvalue weighted by molar-refractivity contribution is -0.384. The number of nitro groups is 1. The molecule has 0 saturated carbocycles. The summed E-state index contributed by atoms with van der Waals surface area (Å²) in [6, 6.07) is 6.36. The number of carbonyl (C=O) groups excluding carboxylic acids is 1. The predicted octanol–water partition coefficient (Wildman–Crippen LogP) is 4.66. The Morgan fingerprint density at radius 1 is 1.23 bits per heavy atom. The Bertz CT molecular complexity index is 993. The molecule has 0 radical (unpaired) electrons. The Labute approximate surface area is 175 Å². The molecule has 1 amide bonds. The Hall–Kier alpha value is -3.16. The van der Waals surface area contributed by atoms with Gasteiger partial charge >= 0.3 is 0 Å². The molecule has 0 spiro atoms. The van der Waals surface area contributed by atoms with Crippen molar-refractivity contribution >= 4 is 23.0 Å². The molecule has 4 rings (SSSR count). The van der Waals surface area contributed by atoms with Gasteiger partial charge in [0.15, 0.2) is 5.76 Å². The maximum atomic E-state index is 13.1. The Morgan fingerprint density at radius 2 is 2.00 bits per heavy atom. The van der Waals surface area contributed by atoms with E-state index in [0.717, 1.165) is 67.7 Å². The number of non-ortho nitro benzene ring substituents is 1. The minimum absolute atomic E-state index is 0.0308. The predicted molar refractivity (Wildman–Crippen MR) is 114 cm³/mol. The molecule has 2 aromatic rings. The van der Waals surface area contributed by atoms with Crippen molar-refractivity contribution in [1.29, 1.82) is 0 Å². The fourth-order valence-electron chi connectivity index (χ4n) is 4.30. The molecule has 0 bridgehead atoms. The van der Waals surface area contributed by atoms with Crippen LogP contribution in [0.5, 0.6) is 0 Å². The summed E-state index contributed by atoms with van der Waals surface area (Å²) in [4.78, 5) is 25.4. The van der Waals surface area contributed by atoms with Gasteiger partial charge in [-0.3, -0.25) is 20.3 Å². The number of rotatable bonds is 4. The van der Waals surface area contributed by atoms with Crippen molar-refractivity contribution in [2.45, 2.75) is 58.4 Å². The highest BCUT2D eigenvalue weighted by molar-refractivity contribution is 6.06. The first kappa shape index (κ1) is 20.1. The number of amides is 1. The summed E-state index contributed by atoms with van der Waals surface area (Å²) < 4.78 is 6.05. The molecule has 2 aliphatic rings. The number of nitrogens with zero attached hydrogens (tertiary/aromatic N) is 3. The van der Waals surface area contributed by atoms with Gasteiger partial charge in [0, 0.05) is 42.3 Å². The number of piperidine rings is 1. The third-order valence-corrected chi connectivity index (χ3v) is 5.98. The summed E-state index contributed by atoms with van der Waals surface area (Å²) in [5.41, 5.74) is 6.30. The number of benzene rings is 1. The first-order valence-corrected chi connectivity index (χ1v) is 10.5. The number of nitro benzene ring substituents is 1. The molecule has 1 saturated heterocycles. The van der Waals surface area contributed by atoms with Crippen LogP contribution in [0.1, 0.15) is 66.5 Å². The average molecular weight is 410 g/mol. The lowest BCUT2D eigenvalue weighted by Gasteiger charge is -2.32. The summed E-state index contributed by atoms with van der Waals surface area (Å²) in [6.07, 6.45) is 5.67. The Kier molecular flexibility index (Phi) is 5.57. The van der Waals surface area contributed by atoms with Crippen molar-refractivity contribution in [2.75, 3.05) is 12.0 Å². The second kappa shape index (κ2) is 8.30. The Morgan fingerprint density at radius 3 is 2.70 bits per heavy atom. The smallest absolute Gasteiger partial charge is 0.290 e. The number of likely N-dealkylation sites (tertiary alicyclic amines) is 1. The maximum absolute atomic E-state index is 13.1. The fraction of sp³-hybridized carbons (Fsp3) is 0.455. The van der Waals surface area contributed by atoms with Crippen LogP contribution in [-0.2, 0) is 6.42 Å². The van der Waals surface area contributed by atoms with Gasteiger partial charge in [-0.1, -0.05) is 0 Å². The van der Waals surface area contributed by atoms with E-state index in [1.807, 2.05) is 11.8 Å². The van der Waals surface area contributed by atoms with Crippen molar-refractivity contribution < 1.29 is 14.1 Å². The van der Waals surface area contributed by atoms with E-state index in [0.29, 0.717) is 11.4 Å². The molecular weight excluding hydrogens is 384 g/mol. The molecule has 8 nitrogen and oxygen atoms in total. The number of nitrogens with one attached hydrogen (secondary N) is 1. The number of hydrazone groups is 1. The SMILES string of the molecule is Cc1c(C(=O)N2CCCCC2C)oc2c1/C(=N/Nc1ccc([N+](=O)[O-])cc1)CCC2. The highest BCUT2D eigenvalue weighted by Gasteiger charge is 2.32.